The van der Waals surface area contributed by atoms with E-state index in [0.29, 0.717) is 36.9 Å². The Bertz CT molecular complexity index is 2910. The maximum absolute atomic E-state index is 14.7. The van der Waals surface area contributed by atoms with E-state index >= 15 is 0 Å². The molecule has 11 N–H and O–H groups in total. The van der Waals surface area contributed by atoms with Gasteiger partial charge in [0.15, 0.2) is 0 Å². The van der Waals surface area contributed by atoms with Gasteiger partial charge in [-0.1, -0.05) is 122 Å². The molecule has 0 spiro atoms. The molecule has 19 nitrogen and oxygen atoms in total. The van der Waals surface area contributed by atoms with E-state index in [2.05, 4.69) is 36.4 Å². The number of halogens is 2. The molecule has 0 fully saturated rings. The zero-order valence-electron chi connectivity index (χ0n) is 44.5. The van der Waals surface area contributed by atoms with Gasteiger partial charge in [0.1, 0.15) is 36.8 Å². The van der Waals surface area contributed by atoms with Crippen molar-refractivity contribution in [2.45, 2.75) is 114 Å². The van der Waals surface area contributed by atoms with Crippen molar-refractivity contribution in [2.75, 3.05) is 19.7 Å². The monoisotopic (exact) mass is 1120 g/mol. The molecule has 6 rings (SSSR count). The lowest BCUT2D eigenvalue weighted by Gasteiger charge is -2.27. The van der Waals surface area contributed by atoms with Gasteiger partial charge < -0.3 is 53.0 Å². The van der Waals surface area contributed by atoms with Crippen LogP contribution in [0, 0.1) is 0 Å². The minimum atomic E-state index is -4.16. The SMILES string of the molecule is CCc1ccc(C(=O)NCCCCC(NC(=O)C(Cc2ccc(C(F)(F)O[PH](=O)O)cc2)NC(=O)C(Cc2ccccc2)NC(=O)OCC2c3ccccc3-c3ccccc32)C(=O)NC(C)C(=O)NC(CCCCN)C(N)=O)cc1. The first-order chi connectivity index (χ1) is 38.4. The third-order valence-electron chi connectivity index (χ3n) is 13.6. The molecule has 80 heavy (non-hydrogen) atoms. The van der Waals surface area contributed by atoms with Crippen molar-refractivity contribution in [3.8, 4) is 11.1 Å². The van der Waals surface area contributed by atoms with Gasteiger partial charge in [-0.15, -0.1) is 0 Å². The largest absolute Gasteiger partial charge is 0.449 e. The third kappa shape index (κ3) is 17.8. The number of nitrogens with two attached hydrogens (primary N) is 2. The lowest BCUT2D eigenvalue weighted by molar-refractivity contribution is -0.185. The number of aryl methyl sites for hydroxylation is 1. The number of hydrogen-bond acceptors (Lipinski definition) is 11. The molecule has 1 aliphatic rings. The van der Waals surface area contributed by atoms with E-state index < -0.39 is 85.8 Å². The predicted molar refractivity (Wildman–Crippen MR) is 296 cm³/mol. The van der Waals surface area contributed by atoms with Gasteiger partial charge in [0.2, 0.25) is 29.5 Å². The third-order valence-corrected chi connectivity index (χ3v) is 14.1. The number of carbonyl (C=O) groups excluding carboxylic acids is 7. The lowest BCUT2D eigenvalue weighted by atomic mass is 9.98. The summed E-state index contributed by atoms with van der Waals surface area (Å²) in [6.07, 6.45) is -3.03. The Kier molecular flexibility index (Phi) is 23.0. The fraction of sp³-hybridized carbons (Fsp3) is 0.362. The molecule has 22 heteroatoms. The fourth-order valence-corrected chi connectivity index (χ4v) is 9.56. The second-order valence-electron chi connectivity index (χ2n) is 19.4. The number of rotatable bonds is 30. The van der Waals surface area contributed by atoms with Crippen LogP contribution < -0.4 is 43.4 Å². The minimum absolute atomic E-state index is 0.0611. The highest BCUT2D eigenvalue weighted by Gasteiger charge is 2.36. The Labute approximate surface area is 463 Å². The summed E-state index contributed by atoms with van der Waals surface area (Å²) in [5, 5.41) is 16.0. The molecule has 7 amide bonds. The van der Waals surface area contributed by atoms with Crippen LogP contribution in [-0.4, -0.2) is 96.3 Å². The number of fused-ring (bicyclic) bond motifs is 3. The van der Waals surface area contributed by atoms with Gasteiger partial charge in [0.05, 0.1) is 5.56 Å². The number of hydrogen-bond donors (Lipinski definition) is 9. The van der Waals surface area contributed by atoms with Gasteiger partial charge in [0.25, 0.3) is 5.91 Å². The number of alkyl carbamates (subject to hydrolysis) is 1. The summed E-state index contributed by atoms with van der Waals surface area (Å²) in [6, 6.07) is 28.9. The molecule has 0 saturated heterocycles. The van der Waals surface area contributed by atoms with E-state index in [1.54, 1.807) is 42.5 Å². The normalized spacial score (nSPS) is 14.1. The average molecular weight is 1120 g/mol. The Morgan fingerprint density at radius 1 is 0.625 bits per heavy atom. The van der Waals surface area contributed by atoms with Crippen molar-refractivity contribution in [2.24, 2.45) is 11.5 Å². The number of unbranched alkanes of at least 4 members (excludes halogenated alkanes) is 2. The van der Waals surface area contributed by atoms with E-state index in [-0.39, 0.29) is 62.6 Å². The highest BCUT2D eigenvalue weighted by molar-refractivity contribution is 7.32. The highest BCUT2D eigenvalue weighted by atomic mass is 31.1. The van der Waals surface area contributed by atoms with E-state index in [1.165, 1.54) is 19.1 Å². The van der Waals surface area contributed by atoms with Gasteiger partial charge in [-0.05, 0) is 109 Å². The molecule has 0 radical (unpaired) electrons. The van der Waals surface area contributed by atoms with Crippen molar-refractivity contribution in [3.05, 3.63) is 166 Å². The van der Waals surface area contributed by atoms with Crippen molar-refractivity contribution < 1.29 is 61.1 Å². The summed E-state index contributed by atoms with van der Waals surface area (Å²) in [5.74, 6) is -4.82. The molecule has 426 valence electrons. The van der Waals surface area contributed by atoms with Crippen LogP contribution in [0.3, 0.4) is 0 Å². The second-order valence-corrected chi connectivity index (χ2v) is 20.1. The Balaban J connectivity index is 1.24. The van der Waals surface area contributed by atoms with E-state index in [4.69, 9.17) is 21.1 Å². The Morgan fingerprint density at radius 2 is 1.14 bits per heavy atom. The second kappa shape index (κ2) is 29.9. The number of benzene rings is 5. The Hall–Kier alpha value is -7.84. The quantitative estimate of drug-likeness (QED) is 0.0202. The standard InChI is InChI=1S/C58H69F2N8O11P/c1-3-37-23-27-40(28-24-37)53(71)63-32-14-12-22-48(54(72)64-36(2)52(70)65-47(51(62)69)21-11-13-31-61)66-55(73)49(34-39-25-29-41(30-26-39)58(59,60)79-80(76)77)67-56(74)50(33-38-15-5-4-6-16-38)68-57(75)78-35-46-44-19-9-7-17-42(44)43-18-8-10-20-45(43)46/h4-10,15-20,23-30,36,46-50,80H,3,11-14,21-22,31-35,61H2,1-2H3,(H2,62,69)(H,63,71)(H,64,72)(H,65,70)(H,66,73)(H,67,74)(H,68,75)(H,76,77). The van der Waals surface area contributed by atoms with Gasteiger partial charge in [-0.3, -0.25) is 33.3 Å². The first-order valence-electron chi connectivity index (χ1n) is 26.5. The van der Waals surface area contributed by atoms with E-state index in [9.17, 15) is 46.9 Å². The van der Waals surface area contributed by atoms with Crippen molar-refractivity contribution in [1.29, 1.82) is 0 Å². The molecular formula is C58H69F2N8O11P. The summed E-state index contributed by atoms with van der Waals surface area (Å²) < 4.78 is 50.4. The maximum Gasteiger partial charge on any atom is 0.407 e. The molecular weight excluding hydrogens is 1050 g/mol. The van der Waals surface area contributed by atoms with Crippen LogP contribution in [0.2, 0.25) is 0 Å². The molecule has 6 atom stereocenters. The van der Waals surface area contributed by atoms with Gasteiger partial charge in [0, 0.05) is 30.9 Å². The lowest BCUT2D eigenvalue weighted by Crippen LogP contribution is -2.59. The number of amides is 7. The molecule has 0 bridgehead atoms. The van der Waals surface area contributed by atoms with Crippen LogP contribution in [0.25, 0.3) is 11.1 Å². The first-order valence-corrected chi connectivity index (χ1v) is 27.8. The smallest absolute Gasteiger partial charge is 0.407 e. The van der Waals surface area contributed by atoms with Crippen LogP contribution in [-0.2, 0) is 63.2 Å². The molecule has 1 aliphatic carbocycles. The number of carbonyl (C=O) groups is 7. The molecule has 0 aliphatic heterocycles. The summed E-state index contributed by atoms with van der Waals surface area (Å²) in [4.78, 5) is 105. The molecule has 0 aromatic heterocycles. The molecule has 6 unspecified atom stereocenters. The van der Waals surface area contributed by atoms with E-state index in [0.717, 1.165) is 46.4 Å². The van der Waals surface area contributed by atoms with Crippen LogP contribution in [0.15, 0.2) is 127 Å². The number of primary amides is 1. The van der Waals surface area contributed by atoms with Crippen molar-refractivity contribution in [3.63, 3.8) is 0 Å². The number of alkyl halides is 2. The fourth-order valence-electron chi connectivity index (χ4n) is 9.23. The van der Waals surface area contributed by atoms with Gasteiger partial charge >= 0.3 is 20.5 Å². The van der Waals surface area contributed by atoms with Crippen molar-refractivity contribution in [1.82, 2.24) is 31.9 Å². The maximum atomic E-state index is 14.7. The van der Waals surface area contributed by atoms with E-state index in [1.807, 2.05) is 67.6 Å². The summed E-state index contributed by atoms with van der Waals surface area (Å²) in [7, 11) is -4.07. The van der Waals surface area contributed by atoms with Gasteiger partial charge in [-0.2, -0.15) is 8.78 Å². The summed E-state index contributed by atoms with van der Waals surface area (Å²) in [5.41, 5.74) is 16.6. The highest BCUT2D eigenvalue weighted by Crippen LogP contribution is 2.44. The summed E-state index contributed by atoms with van der Waals surface area (Å²) >= 11 is 0. The van der Waals surface area contributed by atoms with Gasteiger partial charge in [-0.25, -0.2) is 9.32 Å². The number of nitrogens with one attached hydrogen (secondary N) is 6. The number of ether oxygens (including phenoxy) is 1. The molecule has 0 heterocycles. The summed E-state index contributed by atoms with van der Waals surface area (Å²) in [6.45, 7) is 3.82. The van der Waals surface area contributed by atoms with Crippen molar-refractivity contribution >= 4 is 49.8 Å². The predicted octanol–water partition coefficient (Wildman–Crippen LogP) is 5.56. The van der Waals surface area contributed by atoms with Crippen LogP contribution in [0.4, 0.5) is 13.6 Å². The zero-order chi connectivity index (χ0) is 57.8. The molecule has 0 saturated carbocycles. The Morgan fingerprint density at radius 3 is 1.73 bits per heavy atom. The minimum Gasteiger partial charge on any atom is -0.449 e. The zero-order valence-corrected chi connectivity index (χ0v) is 45.5. The van der Waals surface area contributed by atoms with Crippen LogP contribution in [0.5, 0.6) is 0 Å². The topological polar surface area (TPSA) is 299 Å². The van der Waals surface area contributed by atoms with Crippen LogP contribution in [0.1, 0.15) is 102 Å². The average Bonchev–Trinajstić information content (AvgIpc) is 3.84. The van der Waals surface area contributed by atoms with Crippen LogP contribution >= 0.6 is 8.25 Å². The molecule has 5 aromatic carbocycles. The first kappa shape index (κ1) is 61.4. The molecule has 5 aromatic rings.